The summed E-state index contributed by atoms with van der Waals surface area (Å²) in [5.41, 5.74) is 3.59. The highest BCUT2D eigenvalue weighted by molar-refractivity contribution is 5.86. The molecule has 3 aromatic rings. The summed E-state index contributed by atoms with van der Waals surface area (Å²) in [6.07, 6.45) is 6.04. The highest BCUT2D eigenvalue weighted by Gasteiger charge is 2.24. The fraction of sp³-hybridized carbons (Fsp3) is 0.200. The van der Waals surface area contributed by atoms with E-state index in [9.17, 15) is 4.39 Å². The van der Waals surface area contributed by atoms with Gasteiger partial charge in [0.25, 0.3) is 0 Å². The van der Waals surface area contributed by atoms with E-state index >= 15 is 0 Å². The molecule has 3 nitrogen and oxygen atoms in total. The van der Waals surface area contributed by atoms with Crippen LogP contribution in [-0.2, 0) is 0 Å². The Balaban J connectivity index is 1.68. The van der Waals surface area contributed by atoms with Crippen molar-refractivity contribution in [1.29, 1.82) is 0 Å². The van der Waals surface area contributed by atoms with Crippen LogP contribution in [0.5, 0.6) is 0 Å². The van der Waals surface area contributed by atoms with E-state index in [1.807, 2.05) is 31.5 Å². The van der Waals surface area contributed by atoms with Crippen LogP contribution >= 0.6 is 0 Å². The third-order valence-electron chi connectivity index (χ3n) is 4.44. The summed E-state index contributed by atoms with van der Waals surface area (Å²) < 4.78 is 13.5. The van der Waals surface area contributed by atoms with Crippen molar-refractivity contribution in [2.24, 2.45) is 5.92 Å². The Kier molecular flexibility index (Phi) is 3.53. The Morgan fingerprint density at radius 1 is 1.12 bits per heavy atom. The van der Waals surface area contributed by atoms with Gasteiger partial charge in [0.1, 0.15) is 11.6 Å². The van der Waals surface area contributed by atoms with Crippen molar-refractivity contribution >= 4 is 16.6 Å². The maximum atomic E-state index is 13.5. The third-order valence-corrected chi connectivity index (χ3v) is 4.44. The molecule has 0 radical (unpaired) electrons. The molecule has 0 bridgehead atoms. The van der Waals surface area contributed by atoms with Crippen LogP contribution in [0.1, 0.15) is 18.4 Å². The molecule has 0 amide bonds. The minimum Gasteiger partial charge on any atom is -0.344 e. The summed E-state index contributed by atoms with van der Waals surface area (Å²) in [4.78, 5) is 8.96. The highest BCUT2D eigenvalue weighted by Crippen LogP contribution is 2.35. The number of allylic oxidation sites excluding steroid dienone is 1. The standard InChI is InChI=1S/C20H18FN3/c1-12-3-6-17(21)9-18(12)19-7-15-11-23-20(8-16(15)10-22-19)24-13(2)14-4-5-14/h3,6-11,14H,2,4-5H2,1H3,(H,23,24). The number of benzene rings is 1. The van der Waals surface area contributed by atoms with E-state index in [0.29, 0.717) is 5.92 Å². The summed E-state index contributed by atoms with van der Waals surface area (Å²) in [6.45, 7) is 6.02. The van der Waals surface area contributed by atoms with Gasteiger partial charge in [-0.1, -0.05) is 12.6 Å². The molecule has 1 aliphatic carbocycles. The third kappa shape index (κ3) is 2.87. The van der Waals surface area contributed by atoms with Crippen molar-refractivity contribution in [3.63, 3.8) is 0 Å². The van der Waals surface area contributed by atoms with E-state index in [0.717, 1.165) is 39.1 Å². The Morgan fingerprint density at radius 3 is 2.67 bits per heavy atom. The molecule has 0 spiro atoms. The van der Waals surface area contributed by atoms with E-state index in [1.54, 1.807) is 6.07 Å². The summed E-state index contributed by atoms with van der Waals surface area (Å²) in [6, 6.07) is 8.67. The molecule has 4 heteroatoms. The van der Waals surface area contributed by atoms with Gasteiger partial charge < -0.3 is 5.32 Å². The summed E-state index contributed by atoms with van der Waals surface area (Å²) in [5.74, 6) is 1.11. The van der Waals surface area contributed by atoms with Gasteiger partial charge in [-0.05, 0) is 55.5 Å². The van der Waals surface area contributed by atoms with E-state index in [-0.39, 0.29) is 5.82 Å². The molecule has 1 fully saturated rings. The van der Waals surface area contributed by atoms with E-state index < -0.39 is 0 Å². The summed E-state index contributed by atoms with van der Waals surface area (Å²) >= 11 is 0. The van der Waals surface area contributed by atoms with Gasteiger partial charge in [-0.2, -0.15) is 0 Å². The molecule has 0 atom stereocenters. The molecule has 0 unspecified atom stereocenters. The van der Waals surface area contributed by atoms with Crippen LogP contribution < -0.4 is 5.32 Å². The second-order valence-corrected chi connectivity index (χ2v) is 6.37. The first kappa shape index (κ1) is 14.8. The molecule has 0 saturated heterocycles. The number of anilines is 1. The zero-order valence-electron chi connectivity index (χ0n) is 13.5. The van der Waals surface area contributed by atoms with E-state index in [1.165, 1.54) is 25.0 Å². The largest absolute Gasteiger partial charge is 0.344 e. The molecule has 2 heterocycles. The number of aryl methyl sites for hydroxylation is 1. The molecule has 120 valence electrons. The lowest BCUT2D eigenvalue weighted by atomic mass is 10.0. The lowest BCUT2D eigenvalue weighted by molar-refractivity contribution is 0.628. The number of nitrogens with one attached hydrogen (secondary N) is 1. The number of fused-ring (bicyclic) bond motifs is 1. The lowest BCUT2D eigenvalue weighted by Crippen LogP contribution is -2.01. The van der Waals surface area contributed by atoms with Gasteiger partial charge in [0.15, 0.2) is 0 Å². The lowest BCUT2D eigenvalue weighted by Gasteiger charge is -2.10. The molecular weight excluding hydrogens is 301 g/mol. The number of hydrogen-bond acceptors (Lipinski definition) is 3. The first-order valence-electron chi connectivity index (χ1n) is 8.08. The van der Waals surface area contributed by atoms with Crippen LogP contribution in [0.2, 0.25) is 0 Å². The molecule has 0 aliphatic heterocycles. The van der Waals surface area contributed by atoms with Crippen LogP contribution in [0.25, 0.3) is 22.0 Å². The Labute approximate surface area is 140 Å². The van der Waals surface area contributed by atoms with Crippen LogP contribution in [-0.4, -0.2) is 9.97 Å². The molecule has 1 saturated carbocycles. The molecule has 1 aromatic carbocycles. The van der Waals surface area contributed by atoms with Crippen molar-refractivity contribution in [1.82, 2.24) is 9.97 Å². The molecule has 2 aromatic heterocycles. The van der Waals surface area contributed by atoms with Crippen LogP contribution in [0.15, 0.2) is 55.0 Å². The maximum absolute atomic E-state index is 13.5. The second-order valence-electron chi connectivity index (χ2n) is 6.37. The number of pyridine rings is 2. The minimum atomic E-state index is -0.256. The smallest absolute Gasteiger partial charge is 0.130 e. The molecule has 1 aliphatic rings. The van der Waals surface area contributed by atoms with Crippen molar-refractivity contribution in [3.8, 4) is 11.3 Å². The number of hydrogen-bond donors (Lipinski definition) is 1. The SMILES string of the molecule is C=C(Nc1cc2cnc(-c3cc(F)ccc3C)cc2cn1)C1CC1. The monoisotopic (exact) mass is 319 g/mol. The van der Waals surface area contributed by atoms with Gasteiger partial charge in [0.05, 0.1) is 5.69 Å². The van der Waals surface area contributed by atoms with Gasteiger partial charge in [0.2, 0.25) is 0 Å². The normalized spacial score (nSPS) is 13.9. The molecule has 24 heavy (non-hydrogen) atoms. The minimum absolute atomic E-state index is 0.256. The van der Waals surface area contributed by atoms with Crippen molar-refractivity contribution in [2.45, 2.75) is 19.8 Å². The van der Waals surface area contributed by atoms with Crippen LogP contribution in [0, 0.1) is 18.7 Å². The second kappa shape index (κ2) is 5.71. The predicted molar refractivity (Wildman–Crippen MR) is 95.2 cm³/mol. The number of rotatable bonds is 4. The van der Waals surface area contributed by atoms with Crippen LogP contribution in [0.4, 0.5) is 10.2 Å². The highest BCUT2D eigenvalue weighted by atomic mass is 19.1. The zero-order valence-corrected chi connectivity index (χ0v) is 13.5. The molecular formula is C20H18FN3. The summed E-state index contributed by atoms with van der Waals surface area (Å²) in [5, 5.41) is 5.25. The van der Waals surface area contributed by atoms with Gasteiger partial charge in [-0.25, -0.2) is 9.37 Å². The van der Waals surface area contributed by atoms with Crippen molar-refractivity contribution < 1.29 is 4.39 Å². The first-order chi connectivity index (χ1) is 11.6. The van der Waals surface area contributed by atoms with E-state index in [2.05, 4.69) is 21.9 Å². The van der Waals surface area contributed by atoms with Crippen molar-refractivity contribution in [3.05, 3.63) is 66.4 Å². The quantitative estimate of drug-likeness (QED) is 0.728. The van der Waals surface area contributed by atoms with Gasteiger partial charge in [-0.15, -0.1) is 0 Å². The Bertz CT molecular complexity index is 945. The average Bonchev–Trinajstić information content (AvgIpc) is 3.42. The number of halogens is 1. The molecule has 1 N–H and O–H groups in total. The average molecular weight is 319 g/mol. The van der Waals surface area contributed by atoms with Gasteiger partial charge >= 0.3 is 0 Å². The number of aromatic nitrogens is 2. The molecule has 4 rings (SSSR count). The summed E-state index contributed by atoms with van der Waals surface area (Å²) in [7, 11) is 0. The topological polar surface area (TPSA) is 37.8 Å². The maximum Gasteiger partial charge on any atom is 0.130 e. The van der Waals surface area contributed by atoms with Gasteiger partial charge in [0, 0.05) is 34.4 Å². The van der Waals surface area contributed by atoms with Crippen molar-refractivity contribution in [2.75, 3.05) is 5.32 Å². The fourth-order valence-corrected chi connectivity index (χ4v) is 2.82. The fourth-order valence-electron chi connectivity index (χ4n) is 2.82. The zero-order chi connectivity index (χ0) is 16.7. The Morgan fingerprint density at radius 2 is 1.88 bits per heavy atom. The van der Waals surface area contributed by atoms with E-state index in [4.69, 9.17) is 0 Å². The number of nitrogens with zero attached hydrogens (tertiary/aromatic N) is 2. The van der Waals surface area contributed by atoms with Crippen LogP contribution in [0.3, 0.4) is 0 Å². The predicted octanol–water partition coefficient (Wildman–Crippen LogP) is 5.08. The van der Waals surface area contributed by atoms with Gasteiger partial charge in [-0.3, -0.25) is 4.98 Å². The Hall–Kier alpha value is -2.75. The first-order valence-corrected chi connectivity index (χ1v) is 8.08.